The van der Waals surface area contributed by atoms with Crippen LogP contribution < -0.4 is 4.90 Å². The van der Waals surface area contributed by atoms with Crippen molar-refractivity contribution in [3.63, 3.8) is 0 Å². The van der Waals surface area contributed by atoms with E-state index in [1.54, 1.807) is 0 Å². The number of nitrogens with zero attached hydrogens (tertiary/aromatic N) is 1. The minimum atomic E-state index is -0.421. The highest BCUT2D eigenvalue weighted by Crippen LogP contribution is 2.58. The van der Waals surface area contributed by atoms with Crippen molar-refractivity contribution in [2.24, 2.45) is 0 Å². The zero-order valence-electron chi connectivity index (χ0n) is 31.5. The fourth-order valence-corrected chi connectivity index (χ4v) is 9.52. The summed E-state index contributed by atoms with van der Waals surface area (Å²) in [5, 5.41) is 2.26. The summed E-state index contributed by atoms with van der Waals surface area (Å²) in [7, 11) is 0. The summed E-state index contributed by atoms with van der Waals surface area (Å²) >= 11 is 0. The highest BCUT2D eigenvalue weighted by molar-refractivity contribution is 6.09. The summed E-state index contributed by atoms with van der Waals surface area (Å²) in [6.07, 6.45) is 8.95. The van der Waals surface area contributed by atoms with Gasteiger partial charge < -0.3 is 9.32 Å². The molecule has 0 saturated carbocycles. The summed E-state index contributed by atoms with van der Waals surface area (Å²) in [6, 6.07) is 70.7. The van der Waals surface area contributed by atoms with Crippen molar-refractivity contribution < 1.29 is 4.42 Å². The number of rotatable bonds is 7. The minimum Gasteiger partial charge on any atom is -0.455 e. The van der Waals surface area contributed by atoms with Gasteiger partial charge in [0.1, 0.15) is 11.2 Å². The molecule has 1 heterocycles. The van der Waals surface area contributed by atoms with Gasteiger partial charge in [-0.05, 0) is 99.8 Å². The zero-order valence-corrected chi connectivity index (χ0v) is 31.5. The van der Waals surface area contributed by atoms with Gasteiger partial charge >= 0.3 is 0 Å². The topological polar surface area (TPSA) is 16.4 Å². The third-order valence-corrected chi connectivity index (χ3v) is 12.0. The molecule has 57 heavy (non-hydrogen) atoms. The maximum absolute atomic E-state index is 6.54. The van der Waals surface area contributed by atoms with Crippen LogP contribution in [-0.2, 0) is 5.41 Å². The van der Waals surface area contributed by atoms with Crippen molar-refractivity contribution in [1.82, 2.24) is 0 Å². The van der Waals surface area contributed by atoms with Crippen molar-refractivity contribution in [3.05, 3.63) is 235 Å². The van der Waals surface area contributed by atoms with Crippen LogP contribution in [0.4, 0.5) is 17.1 Å². The number of benzene rings is 8. The van der Waals surface area contributed by atoms with E-state index in [4.69, 9.17) is 4.42 Å². The summed E-state index contributed by atoms with van der Waals surface area (Å²) < 4.78 is 6.54. The van der Waals surface area contributed by atoms with Crippen LogP contribution in [-0.4, -0.2) is 0 Å². The third kappa shape index (κ3) is 5.33. The molecule has 0 aliphatic heterocycles. The van der Waals surface area contributed by atoms with Crippen LogP contribution in [0.25, 0.3) is 55.3 Å². The van der Waals surface area contributed by atoms with E-state index in [1.165, 1.54) is 44.5 Å². The van der Waals surface area contributed by atoms with Gasteiger partial charge in [-0.3, -0.25) is 0 Å². The first kappa shape index (κ1) is 33.2. The van der Waals surface area contributed by atoms with Crippen LogP contribution in [0.3, 0.4) is 0 Å². The first-order valence-corrected chi connectivity index (χ1v) is 19.9. The molecule has 0 spiro atoms. The first-order chi connectivity index (χ1) is 28.3. The van der Waals surface area contributed by atoms with Crippen molar-refractivity contribution in [3.8, 4) is 33.4 Å². The number of anilines is 3. The Kier molecular flexibility index (Phi) is 7.89. The van der Waals surface area contributed by atoms with Gasteiger partial charge in [-0.2, -0.15) is 0 Å². The lowest BCUT2D eigenvalue weighted by molar-refractivity contribution is 0.670. The highest BCUT2D eigenvalue weighted by Gasteiger charge is 2.47. The molecule has 0 saturated heterocycles. The number of allylic oxidation sites excluding steroid dienone is 4. The SMILES string of the molecule is C1=CCCC(C2(c3ccccc3)c3ccccc3-c3ccc(N(c4ccc(-c5ccccc5)cc4)c4cccc(-c5cccc6c5oc5ccccc56)c4)cc32)=C1. The summed E-state index contributed by atoms with van der Waals surface area (Å²) in [5.41, 5.74) is 17.2. The van der Waals surface area contributed by atoms with E-state index < -0.39 is 5.41 Å². The molecule has 2 aliphatic carbocycles. The Hall–Kier alpha value is -7.16. The average molecular weight is 730 g/mol. The number of para-hydroxylation sites is 2. The van der Waals surface area contributed by atoms with Gasteiger partial charge in [-0.25, -0.2) is 0 Å². The molecule has 1 atom stereocenters. The standard InChI is InChI=1S/C55H39NO/c1-4-16-38(17-5-1)39-30-32-43(33-31-39)56(44-23-14-18-40(36-44)46-26-15-27-50-49-25-11-13-29-53(49)57-54(46)50)45-34-35-48-47-24-10-12-28-51(47)55(52(48)37-45,41-19-6-2-7-20-41)42-21-8-3-9-22-42/h1-8,10-21,23-37H,9,22H2. The van der Waals surface area contributed by atoms with Crippen LogP contribution in [0.1, 0.15) is 29.5 Å². The second-order valence-corrected chi connectivity index (χ2v) is 15.1. The molecule has 270 valence electrons. The van der Waals surface area contributed by atoms with Gasteiger partial charge in [0.2, 0.25) is 0 Å². The molecule has 8 aromatic carbocycles. The van der Waals surface area contributed by atoms with E-state index >= 15 is 0 Å². The smallest absolute Gasteiger partial charge is 0.143 e. The summed E-state index contributed by atoms with van der Waals surface area (Å²) in [4.78, 5) is 2.42. The fourth-order valence-electron chi connectivity index (χ4n) is 9.52. The van der Waals surface area contributed by atoms with E-state index in [0.29, 0.717) is 0 Å². The Morgan fingerprint density at radius 1 is 0.456 bits per heavy atom. The molecular weight excluding hydrogens is 691 g/mol. The van der Waals surface area contributed by atoms with E-state index in [-0.39, 0.29) is 0 Å². The fraction of sp³-hybridized carbons (Fsp3) is 0.0545. The van der Waals surface area contributed by atoms with Gasteiger partial charge in [-0.1, -0.05) is 175 Å². The second-order valence-electron chi connectivity index (χ2n) is 15.1. The number of furan rings is 1. The summed E-state index contributed by atoms with van der Waals surface area (Å²) in [5.74, 6) is 0. The third-order valence-electron chi connectivity index (χ3n) is 12.0. The molecular formula is C55H39NO. The number of fused-ring (bicyclic) bond motifs is 6. The van der Waals surface area contributed by atoms with Crippen molar-refractivity contribution in [1.29, 1.82) is 0 Å². The lowest BCUT2D eigenvalue weighted by atomic mass is 9.65. The number of hydrogen-bond acceptors (Lipinski definition) is 2. The predicted octanol–water partition coefficient (Wildman–Crippen LogP) is 15.0. The Morgan fingerprint density at radius 3 is 1.95 bits per heavy atom. The molecule has 0 N–H and O–H groups in total. The molecule has 0 bridgehead atoms. The lowest BCUT2D eigenvalue weighted by Crippen LogP contribution is -2.30. The molecule has 0 amide bonds. The largest absolute Gasteiger partial charge is 0.455 e. The van der Waals surface area contributed by atoms with Gasteiger partial charge in [0.25, 0.3) is 0 Å². The van der Waals surface area contributed by atoms with E-state index in [0.717, 1.165) is 63.0 Å². The number of hydrogen-bond donors (Lipinski definition) is 0. The highest BCUT2D eigenvalue weighted by atomic mass is 16.3. The van der Waals surface area contributed by atoms with Gasteiger partial charge in [-0.15, -0.1) is 0 Å². The van der Waals surface area contributed by atoms with E-state index in [2.05, 4.69) is 211 Å². The molecule has 2 heteroatoms. The van der Waals surface area contributed by atoms with Crippen LogP contribution in [0, 0.1) is 0 Å². The van der Waals surface area contributed by atoms with Gasteiger partial charge in [0, 0.05) is 33.4 Å². The monoisotopic (exact) mass is 729 g/mol. The Morgan fingerprint density at radius 2 is 1.11 bits per heavy atom. The van der Waals surface area contributed by atoms with Crippen LogP contribution in [0.15, 0.2) is 222 Å². The lowest BCUT2D eigenvalue weighted by Gasteiger charge is -2.37. The second kappa shape index (κ2) is 13.5. The molecule has 2 aliphatic rings. The van der Waals surface area contributed by atoms with Gasteiger partial charge in [0.05, 0.1) is 5.41 Å². The van der Waals surface area contributed by atoms with E-state index in [9.17, 15) is 0 Å². The molecule has 1 aromatic heterocycles. The van der Waals surface area contributed by atoms with Crippen molar-refractivity contribution >= 4 is 39.0 Å². The molecule has 1 unspecified atom stereocenters. The Labute approximate surface area is 333 Å². The normalized spacial score (nSPS) is 15.7. The molecule has 11 rings (SSSR count). The molecule has 0 fully saturated rings. The quantitative estimate of drug-likeness (QED) is 0.162. The summed E-state index contributed by atoms with van der Waals surface area (Å²) in [6.45, 7) is 0. The molecule has 2 nitrogen and oxygen atoms in total. The van der Waals surface area contributed by atoms with Gasteiger partial charge in [0.15, 0.2) is 0 Å². The molecule has 9 aromatic rings. The maximum Gasteiger partial charge on any atom is 0.143 e. The minimum absolute atomic E-state index is 0.421. The van der Waals surface area contributed by atoms with Crippen molar-refractivity contribution in [2.45, 2.75) is 18.3 Å². The van der Waals surface area contributed by atoms with Crippen LogP contribution in [0.2, 0.25) is 0 Å². The predicted molar refractivity (Wildman–Crippen MR) is 237 cm³/mol. The van der Waals surface area contributed by atoms with Crippen LogP contribution >= 0.6 is 0 Å². The molecule has 0 radical (unpaired) electrons. The first-order valence-electron chi connectivity index (χ1n) is 19.9. The average Bonchev–Trinajstić information content (AvgIpc) is 3.82. The Bertz CT molecular complexity index is 3010. The van der Waals surface area contributed by atoms with Crippen LogP contribution in [0.5, 0.6) is 0 Å². The maximum atomic E-state index is 6.54. The Balaban J connectivity index is 1.13. The van der Waals surface area contributed by atoms with E-state index in [1.807, 2.05) is 6.07 Å². The zero-order chi connectivity index (χ0) is 37.8. The van der Waals surface area contributed by atoms with Crippen molar-refractivity contribution in [2.75, 3.05) is 4.90 Å².